The zero-order chi connectivity index (χ0) is 12.5. The minimum absolute atomic E-state index is 0.105. The van der Waals surface area contributed by atoms with Gasteiger partial charge in [0.25, 0.3) is 0 Å². The number of benzene rings is 1. The number of fused-ring (bicyclic) bond motifs is 1. The van der Waals surface area contributed by atoms with Crippen LogP contribution < -0.4 is 5.32 Å². The third-order valence-corrected chi connectivity index (χ3v) is 3.31. The van der Waals surface area contributed by atoms with Gasteiger partial charge in [0, 0.05) is 12.6 Å². The van der Waals surface area contributed by atoms with Crippen LogP contribution in [0.2, 0.25) is 0 Å². The van der Waals surface area contributed by atoms with Crippen molar-refractivity contribution in [3.8, 4) is 6.07 Å². The average molecular weight is 232 g/mol. The van der Waals surface area contributed by atoms with Gasteiger partial charge in [0.2, 0.25) is 0 Å². The second-order valence-corrected chi connectivity index (χ2v) is 5.28. The number of nitrogens with one attached hydrogen (secondary N) is 1. The Bertz CT molecular complexity index is 460. The molecule has 0 amide bonds. The summed E-state index contributed by atoms with van der Waals surface area (Å²) >= 11 is 0. The van der Waals surface area contributed by atoms with E-state index >= 15 is 0 Å². The fraction of sp³-hybridized carbons (Fsp3) is 0.500. The van der Waals surface area contributed by atoms with E-state index in [1.165, 1.54) is 6.07 Å². The van der Waals surface area contributed by atoms with Crippen LogP contribution in [0.1, 0.15) is 37.4 Å². The summed E-state index contributed by atoms with van der Waals surface area (Å²) < 4.78 is 13.5. The van der Waals surface area contributed by atoms with Gasteiger partial charge in [-0.3, -0.25) is 0 Å². The Morgan fingerprint density at radius 1 is 1.53 bits per heavy atom. The molecule has 1 aliphatic carbocycles. The molecule has 0 heterocycles. The largest absolute Gasteiger partial charge is 0.308 e. The number of nitriles is 1. The molecule has 1 N–H and O–H groups in total. The molecule has 1 unspecified atom stereocenters. The summed E-state index contributed by atoms with van der Waals surface area (Å²) in [5, 5.41) is 12.3. The highest BCUT2D eigenvalue weighted by atomic mass is 19.1. The Morgan fingerprint density at radius 3 is 3.00 bits per heavy atom. The van der Waals surface area contributed by atoms with Crippen molar-refractivity contribution in [2.45, 2.75) is 32.7 Å². The molecule has 0 bridgehead atoms. The summed E-state index contributed by atoms with van der Waals surface area (Å²) in [6, 6.07) is 7.69. The van der Waals surface area contributed by atoms with Crippen molar-refractivity contribution in [3.05, 3.63) is 35.1 Å². The van der Waals surface area contributed by atoms with Crippen LogP contribution in [-0.4, -0.2) is 6.54 Å². The zero-order valence-corrected chi connectivity index (χ0v) is 10.3. The molecule has 90 valence electrons. The molecular formula is C14H17FN2. The second-order valence-electron chi connectivity index (χ2n) is 5.28. The van der Waals surface area contributed by atoms with Gasteiger partial charge in [-0.1, -0.05) is 12.1 Å². The summed E-state index contributed by atoms with van der Waals surface area (Å²) in [5.41, 5.74) is 1.51. The first-order chi connectivity index (χ1) is 8.03. The van der Waals surface area contributed by atoms with Crippen LogP contribution in [0.5, 0.6) is 0 Å². The molecule has 1 aromatic rings. The van der Waals surface area contributed by atoms with E-state index in [1.54, 1.807) is 6.07 Å². The summed E-state index contributed by atoms with van der Waals surface area (Å²) in [7, 11) is 0. The highest BCUT2D eigenvalue weighted by Gasteiger charge is 2.26. The lowest BCUT2D eigenvalue weighted by Crippen LogP contribution is -2.30. The third kappa shape index (κ3) is 2.48. The molecule has 1 atom stereocenters. The van der Waals surface area contributed by atoms with Gasteiger partial charge in [0.15, 0.2) is 0 Å². The van der Waals surface area contributed by atoms with Gasteiger partial charge in [-0.15, -0.1) is 0 Å². The number of hydrogen-bond acceptors (Lipinski definition) is 2. The maximum atomic E-state index is 13.5. The van der Waals surface area contributed by atoms with Crippen LogP contribution in [0.25, 0.3) is 0 Å². The molecule has 0 saturated heterocycles. The van der Waals surface area contributed by atoms with Crippen molar-refractivity contribution in [1.82, 2.24) is 5.32 Å². The first-order valence-corrected chi connectivity index (χ1v) is 5.95. The van der Waals surface area contributed by atoms with Crippen LogP contribution in [0.4, 0.5) is 4.39 Å². The quantitative estimate of drug-likeness (QED) is 0.869. The topological polar surface area (TPSA) is 35.8 Å². The normalized spacial score (nSPS) is 18.8. The molecule has 2 nitrogen and oxygen atoms in total. The number of hydrogen-bond donors (Lipinski definition) is 1. The molecule has 0 fully saturated rings. The monoisotopic (exact) mass is 232 g/mol. The van der Waals surface area contributed by atoms with E-state index in [1.807, 2.05) is 19.9 Å². The maximum Gasteiger partial charge on any atom is 0.126 e. The molecule has 1 aromatic carbocycles. The van der Waals surface area contributed by atoms with Crippen molar-refractivity contribution in [1.29, 1.82) is 5.26 Å². The average Bonchev–Trinajstić information content (AvgIpc) is 2.71. The standard InChI is InChI=1S/C14H17FN2/c1-14(2,8-16)9-17-13-7-6-10-11(13)4-3-5-12(10)15/h3-5,13,17H,6-7,9H2,1-2H3. The Balaban J connectivity index is 2.09. The van der Waals surface area contributed by atoms with Gasteiger partial charge in [-0.05, 0) is 43.9 Å². The number of nitrogens with zero attached hydrogens (tertiary/aromatic N) is 1. The highest BCUT2D eigenvalue weighted by molar-refractivity contribution is 5.35. The van der Waals surface area contributed by atoms with Crippen LogP contribution in [0.15, 0.2) is 18.2 Å². The fourth-order valence-corrected chi connectivity index (χ4v) is 2.24. The van der Waals surface area contributed by atoms with Gasteiger partial charge in [0.05, 0.1) is 11.5 Å². The lowest BCUT2D eigenvalue weighted by Gasteiger charge is -2.20. The van der Waals surface area contributed by atoms with E-state index in [2.05, 4.69) is 11.4 Å². The zero-order valence-electron chi connectivity index (χ0n) is 10.3. The van der Waals surface area contributed by atoms with Gasteiger partial charge in [0.1, 0.15) is 5.82 Å². The summed E-state index contributed by atoms with van der Waals surface area (Å²) in [6.07, 6.45) is 1.70. The minimum atomic E-state index is -0.379. The summed E-state index contributed by atoms with van der Waals surface area (Å²) in [5.74, 6) is -0.105. The van der Waals surface area contributed by atoms with Crippen molar-refractivity contribution < 1.29 is 4.39 Å². The van der Waals surface area contributed by atoms with E-state index in [9.17, 15) is 4.39 Å². The van der Waals surface area contributed by atoms with E-state index in [4.69, 9.17) is 5.26 Å². The first kappa shape index (κ1) is 12.1. The molecule has 17 heavy (non-hydrogen) atoms. The Kier molecular flexibility index (Phi) is 3.17. The first-order valence-electron chi connectivity index (χ1n) is 5.95. The molecule has 0 aliphatic heterocycles. The van der Waals surface area contributed by atoms with E-state index < -0.39 is 0 Å². The van der Waals surface area contributed by atoms with Gasteiger partial charge in [-0.25, -0.2) is 4.39 Å². The molecule has 0 radical (unpaired) electrons. The lowest BCUT2D eigenvalue weighted by atomic mass is 9.95. The third-order valence-electron chi connectivity index (χ3n) is 3.31. The Labute approximate surface area is 101 Å². The number of rotatable bonds is 3. The van der Waals surface area contributed by atoms with Crippen molar-refractivity contribution in [2.75, 3.05) is 6.54 Å². The van der Waals surface area contributed by atoms with Gasteiger partial charge in [-0.2, -0.15) is 5.26 Å². The predicted octanol–water partition coefficient (Wildman–Crippen LogP) is 2.95. The summed E-state index contributed by atoms with van der Waals surface area (Å²) in [4.78, 5) is 0. The lowest BCUT2D eigenvalue weighted by molar-refractivity contribution is 0.403. The second kappa shape index (κ2) is 4.46. The predicted molar refractivity (Wildman–Crippen MR) is 64.9 cm³/mol. The summed E-state index contributed by atoms with van der Waals surface area (Å²) in [6.45, 7) is 4.44. The SMILES string of the molecule is CC(C)(C#N)CNC1CCc2c(F)cccc21. The maximum absolute atomic E-state index is 13.5. The fourth-order valence-electron chi connectivity index (χ4n) is 2.24. The molecule has 0 saturated carbocycles. The minimum Gasteiger partial charge on any atom is -0.308 e. The van der Waals surface area contributed by atoms with Gasteiger partial charge >= 0.3 is 0 Å². The molecule has 1 aliphatic rings. The smallest absolute Gasteiger partial charge is 0.126 e. The molecule has 2 rings (SSSR count). The van der Waals surface area contributed by atoms with Crippen LogP contribution in [0, 0.1) is 22.6 Å². The molecular weight excluding hydrogens is 215 g/mol. The van der Waals surface area contributed by atoms with Crippen molar-refractivity contribution in [3.63, 3.8) is 0 Å². The number of halogens is 1. The van der Waals surface area contributed by atoms with Crippen LogP contribution in [-0.2, 0) is 6.42 Å². The molecule has 0 aromatic heterocycles. The van der Waals surface area contributed by atoms with Crippen LogP contribution in [0.3, 0.4) is 0 Å². The van der Waals surface area contributed by atoms with Crippen molar-refractivity contribution >= 4 is 0 Å². The molecule has 3 heteroatoms. The van der Waals surface area contributed by atoms with E-state index in [-0.39, 0.29) is 17.3 Å². The highest BCUT2D eigenvalue weighted by Crippen LogP contribution is 2.33. The molecule has 0 spiro atoms. The van der Waals surface area contributed by atoms with Gasteiger partial charge < -0.3 is 5.32 Å². The Hall–Kier alpha value is -1.40. The van der Waals surface area contributed by atoms with Crippen molar-refractivity contribution in [2.24, 2.45) is 5.41 Å². The van der Waals surface area contributed by atoms with E-state index in [0.29, 0.717) is 6.54 Å². The van der Waals surface area contributed by atoms with Crippen LogP contribution >= 0.6 is 0 Å². The van der Waals surface area contributed by atoms with E-state index in [0.717, 1.165) is 24.0 Å². The Morgan fingerprint density at radius 2 is 2.29 bits per heavy atom.